The maximum atomic E-state index is 11.2. The molecule has 0 N–H and O–H groups in total. The molecule has 0 radical (unpaired) electrons. The molecule has 0 saturated heterocycles. The van der Waals surface area contributed by atoms with Crippen molar-refractivity contribution in [3.63, 3.8) is 0 Å². The number of hydrogen-bond donors (Lipinski definition) is 0. The van der Waals surface area contributed by atoms with Crippen molar-refractivity contribution in [1.29, 1.82) is 0 Å². The Kier molecular flexibility index (Phi) is 3.67. The fourth-order valence-corrected chi connectivity index (χ4v) is 0.943. The third-order valence-electron chi connectivity index (χ3n) is 1.59. The zero-order valence-corrected chi connectivity index (χ0v) is 7.73. The summed E-state index contributed by atoms with van der Waals surface area (Å²) in [5.74, 6) is 0.0431. The van der Waals surface area contributed by atoms with Crippen LogP contribution >= 0.6 is 0 Å². The molecule has 0 heterocycles. The van der Waals surface area contributed by atoms with E-state index in [-0.39, 0.29) is 6.61 Å². The first kappa shape index (κ1) is 10.2. The number of hydrogen-bond acceptors (Lipinski definition) is 4. The molecule has 0 saturated carbocycles. The van der Waals surface area contributed by atoms with Gasteiger partial charge in [0.25, 0.3) is 0 Å². The van der Waals surface area contributed by atoms with Gasteiger partial charge in [-0.05, 0) is 18.2 Å². The van der Waals surface area contributed by atoms with Gasteiger partial charge < -0.3 is 9.47 Å². The monoisotopic (exact) mass is 194 g/mol. The molecule has 4 heteroatoms. The van der Waals surface area contributed by atoms with E-state index in [1.807, 2.05) is 0 Å². The molecule has 0 spiro atoms. The Balaban J connectivity index is 2.73. The number of aldehydes is 1. The lowest BCUT2D eigenvalue weighted by Crippen LogP contribution is -2.06. The fraction of sp³-hybridized carbons (Fsp3) is 0.200. The number of carbonyl (C=O) groups excluding carboxylic acids is 2. The molecule has 1 aromatic carbocycles. The van der Waals surface area contributed by atoms with Crippen LogP contribution in [-0.4, -0.2) is 26.0 Å². The molecule has 0 atom stereocenters. The van der Waals surface area contributed by atoms with Crippen molar-refractivity contribution in [3.05, 3.63) is 29.8 Å². The number of rotatable bonds is 4. The van der Waals surface area contributed by atoms with Gasteiger partial charge in [0, 0.05) is 0 Å². The SMILES string of the molecule is COc1cccc(C(=O)OCC=O)c1. The van der Waals surface area contributed by atoms with Crippen LogP contribution in [-0.2, 0) is 9.53 Å². The van der Waals surface area contributed by atoms with E-state index in [0.29, 0.717) is 17.6 Å². The van der Waals surface area contributed by atoms with Crippen LogP contribution in [0.25, 0.3) is 0 Å². The molecule has 14 heavy (non-hydrogen) atoms. The minimum Gasteiger partial charge on any atom is -0.497 e. The van der Waals surface area contributed by atoms with E-state index in [0.717, 1.165) is 0 Å². The van der Waals surface area contributed by atoms with Gasteiger partial charge in [0.15, 0.2) is 6.29 Å². The summed E-state index contributed by atoms with van der Waals surface area (Å²) in [6.07, 6.45) is 0.526. The summed E-state index contributed by atoms with van der Waals surface area (Å²) in [6, 6.07) is 6.54. The van der Waals surface area contributed by atoms with Gasteiger partial charge in [0.05, 0.1) is 12.7 Å². The van der Waals surface area contributed by atoms with Gasteiger partial charge in [-0.25, -0.2) is 4.79 Å². The quantitative estimate of drug-likeness (QED) is 0.531. The van der Waals surface area contributed by atoms with E-state index in [9.17, 15) is 9.59 Å². The van der Waals surface area contributed by atoms with Crippen molar-refractivity contribution < 1.29 is 19.1 Å². The lowest BCUT2D eigenvalue weighted by atomic mass is 10.2. The van der Waals surface area contributed by atoms with Gasteiger partial charge in [0.1, 0.15) is 12.4 Å². The van der Waals surface area contributed by atoms with Gasteiger partial charge in [-0.1, -0.05) is 6.07 Å². The molecule has 0 aliphatic heterocycles. The number of methoxy groups -OCH3 is 1. The first-order valence-corrected chi connectivity index (χ1v) is 4.02. The van der Waals surface area contributed by atoms with Crippen molar-refractivity contribution in [2.24, 2.45) is 0 Å². The van der Waals surface area contributed by atoms with Crippen LogP contribution in [0.3, 0.4) is 0 Å². The number of ether oxygens (including phenoxy) is 2. The van der Waals surface area contributed by atoms with Crippen LogP contribution < -0.4 is 4.74 Å². The first-order chi connectivity index (χ1) is 6.77. The van der Waals surface area contributed by atoms with Crippen molar-refractivity contribution in [2.75, 3.05) is 13.7 Å². The highest BCUT2D eigenvalue weighted by molar-refractivity contribution is 5.90. The van der Waals surface area contributed by atoms with E-state index in [4.69, 9.17) is 4.74 Å². The second-order valence-electron chi connectivity index (χ2n) is 2.50. The van der Waals surface area contributed by atoms with E-state index >= 15 is 0 Å². The van der Waals surface area contributed by atoms with Gasteiger partial charge in [-0.15, -0.1) is 0 Å². The van der Waals surface area contributed by atoms with E-state index in [1.54, 1.807) is 24.3 Å². The summed E-state index contributed by atoms with van der Waals surface area (Å²) in [6.45, 7) is -0.226. The normalized spacial score (nSPS) is 9.21. The molecular weight excluding hydrogens is 184 g/mol. The minimum absolute atomic E-state index is 0.226. The van der Waals surface area contributed by atoms with Crippen molar-refractivity contribution in [2.45, 2.75) is 0 Å². The van der Waals surface area contributed by atoms with Crippen LogP contribution in [0.15, 0.2) is 24.3 Å². The topological polar surface area (TPSA) is 52.6 Å². The maximum Gasteiger partial charge on any atom is 0.338 e. The Morgan fingerprint density at radius 3 is 2.93 bits per heavy atom. The van der Waals surface area contributed by atoms with Gasteiger partial charge in [-0.3, -0.25) is 4.79 Å². The number of benzene rings is 1. The second-order valence-corrected chi connectivity index (χ2v) is 2.50. The predicted molar refractivity (Wildman–Crippen MR) is 49.3 cm³/mol. The molecule has 0 fully saturated rings. The maximum absolute atomic E-state index is 11.2. The van der Waals surface area contributed by atoms with Crippen molar-refractivity contribution >= 4 is 12.3 Å². The van der Waals surface area contributed by atoms with Gasteiger partial charge in [0.2, 0.25) is 0 Å². The largest absolute Gasteiger partial charge is 0.497 e. The van der Waals surface area contributed by atoms with Gasteiger partial charge >= 0.3 is 5.97 Å². The standard InChI is InChI=1S/C10H10O4/c1-13-9-4-2-3-8(7-9)10(12)14-6-5-11/h2-5,7H,6H2,1H3. The van der Waals surface area contributed by atoms with Crippen LogP contribution in [0.5, 0.6) is 5.75 Å². The molecule has 0 unspecified atom stereocenters. The van der Waals surface area contributed by atoms with Crippen molar-refractivity contribution in [3.8, 4) is 5.75 Å². The highest BCUT2D eigenvalue weighted by Gasteiger charge is 2.06. The average molecular weight is 194 g/mol. The zero-order valence-electron chi connectivity index (χ0n) is 7.73. The summed E-state index contributed by atoms with van der Waals surface area (Å²) >= 11 is 0. The third kappa shape index (κ3) is 2.58. The molecule has 74 valence electrons. The summed E-state index contributed by atoms with van der Waals surface area (Å²) < 4.78 is 9.55. The third-order valence-corrected chi connectivity index (χ3v) is 1.59. The Bertz CT molecular complexity index is 333. The molecule has 0 aliphatic carbocycles. The first-order valence-electron chi connectivity index (χ1n) is 4.02. The Morgan fingerprint density at radius 2 is 2.29 bits per heavy atom. The molecule has 1 rings (SSSR count). The molecular formula is C10H10O4. The molecule has 0 aromatic heterocycles. The molecule has 0 aliphatic rings. The van der Waals surface area contributed by atoms with E-state index in [2.05, 4.69) is 4.74 Å². The van der Waals surface area contributed by atoms with Crippen LogP contribution in [0.1, 0.15) is 10.4 Å². The molecule has 0 amide bonds. The van der Waals surface area contributed by atoms with Crippen LogP contribution in [0.2, 0.25) is 0 Å². The summed E-state index contributed by atoms with van der Waals surface area (Å²) in [5, 5.41) is 0. The molecule has 1 aromatic rings. The smallest absolute Gasteiger partial charge is 0.338 e. The van der Waals surface area contributed by atoms with Crippen LogP contribution in [0.4, 0.5) is 0 Å². The van der Waals surface area contributed by atoms with E-state index in [1.165, 1.54) is 7.11 Å². The van der Waals surface area contributed by atoms with Crippen LogP contribution in [0, 0.1) is 0 Å². The summed E-state index contributed by atoms with van der Waals surface area (Å²) in [5.41, 5.74) is 0.367. The predicted octanol–water partition coefficient (Wildman–Crippen LogP) is 1.05. The highest BCUT2D eigenvalue weighted by atomic mass is 16.5. The lowest BCUT2D eigenvalue weighted by Gasteiger charge is -2.03. The molecule has 0 bridgehead atoms. The van der Waals surface area contributed by atoms with Crippen molar-refractivity contribution in [1.82, 2.24) is 0 Å². The average Bonchev–Trinajstić information content (AvgIpc) is 2.26. The Morgan fingerprint density at radius 1 is 1.50 bits per heavy atom. The van der Waals surface area contributed by atoms with E-state index < -0.39 is 5.97 Å². The number of esters is 1. The van der Waals surface area contributed by atoms with Gasteiger partial charge in [-0.2, -0.15) is 0 Å². The second kappa shape index (κ2) is 5.01. The minimum atomic E-state index is -0.531. The Labute approximate surface area is 81.4 Å². The lowest BCUT2D eigenvalue weighted by molar-refractivity contribution is -0.110. The summed E-state index contributed by atoms with van der Waals surface area (Å²) in [7, 11) is 1.51. The Hall–Kier alpha value is -1.84. The highest BCUT2D eigenvalue weighted by Crippen LogP contribution is 2.12. The zero-order chi connectivity index (χ0) is 10.4. The molecule has 4 nitrogen and oxygen atoms in total. The summed E-state index contributed by atoms with van der Waals surface area (Å²) in [4.78, 5) is 21.2. The fourth-order valence-electron chi connectivity index (χ4n) is 0.943. The number of carbonyl (C=O) groups is 2.